The number of carboxylic acid groups (broad SMARTS) is 1. The summed E-state index contributed by atoms with van der Waals surface area (Å²) in [6.07, 6.45) is 0.139. The molecule has 1 unspecified atom stereocenters. The second-order valence-electron chi connectivity index (χ2n) is 1.52. The van der Waals surface area contributed by atoms with Crippen LogP contribution in [0.2, 0.25) is 0 Å². The second-order valence-corrected chi connectivity index (χ2v) is 2.17. The minimum absolute atomic E-state index is 0.0671. The van der Waals surface area contributed by atoms with E-state index in [0.29, 0.717) is 0 Å². The van der Waals surface area contributed by atoms with Crippen molar-refractivity contribution in [2.24, 2.45) is 0 Å². The summed E-state index contributed by atoms with van der Waals surface area (Å²) in [7, 11) is 0. The lowest BCUT2D eigenvalue weighted by molar-refractivity contribution is -0.137. The number of aliphatic carboxylic acids is 1. The van der Waals surface area contributed by atoms with Crippen LogP contribution in [0.25, 0.3) is 0 Å². The molecule has 1 N–H and O–H groups in total. The fraction of sp³-hybridized carbons (Fsp3) is 0.750. The first kappa shape index (κ1) is 9.54. The molecule has 0 aliphatic carbocycles. The zero-order valence-corrected chi connectivity index (χ0v) is 5.93. The van der Waals surface area contributed by atoms with Crippen molar-refractivity contribution in [2.45, 2.75) is 12.8 Å². The van der Waals surface area contributed by atoms with Crippen molar-refractivity contribution in [1.29, 1.82) is 0 Å². The van der Waals surface area contributed by atoms with Gasteiger partial charge in [0.25, 0.3) is 0 Å². The molecule has 0 aliphatic heterocycles. The van der Waals surface area contributed by atoms with Gasteiger partial charge in [0.1, 0.15) is 0 Å². The third-order valence-corrected chi connectivity index (χ3v) is 1.07. The lowest BCUT2D eigenvalue weighted by Crippen LogP contribution is -2.01. The quantitative estimate of drug-likeness (QED) is 0.447. The molecule has 0 aromatic heterocycles. The molecule has 0 spiro atoms. The first-order chi connectivity index (χ1) is 4.63. The molecule has 0 saturated carbocycles. The normalized spacial score (nSPS) is 12.9. The van der Waals surface area contributed by atoms with Crippen molar-refractivity contribution >= 4 is 17.3 Å². The summed E-state index contributed by atoms with van der Waals surface area (Å²) in [5.74, 6) is -0.958. The highest BCUT2D eigenvalue weighted by atomic mass is 32.2. The highest BCUT2D eigenvalue weighted by molar-refractivity contribution is 7.74. The summed E-state index contributed by atoms with van der Waals surface area (Å²) in [5.41, 5.74) is 0. The van der Waals surface area contributed by atoms with Crippen LogP contribution in [0.15, 0.2) is 0 Å². The van der Waals surface area contributed by atoms with Gasteiger partial charge >= 0.3 is 5.97 Å². The maximum absolute atomic E-state index is 9.83. The van der Waals surface area contributed by atoms with Crippen molar-refractivity contribution in [1.82, 2.24) is 0 Å². The van der Waals surface area contributed by atoms with Gasteiger partial charge in [0.15, 0.2) is 0 Å². The Kier molecular flexibility index (Phi) is 5.09. The Hall–Kier alpha value is -0.460. The Morgan fingerprint density at radius 1 is 1.70 bits per heavy atom. The third kappa shape index (κ3) is 7.54. The average molecular weight is 167 g/mol. The number of carbonyl (C=O) groups is 1. The molecule has 10 heavy (non-hydrogen) atoms. The van der Waals surface area contributed by atoms with Gasteiger partial charge in [-0.05, 0) is 6.42 Å². The van der Waals surface area contributed by atoms with E-state index in [-0.39, 0.29) is 19.4 Å². The van der Waals surface area contributed by atoms with Crippen molar-refractivity contribution in [3.63, 3.8) is 0 Å². The van der Waals surface area contributed by atoms with Crippen molar-refractivity contribution in [2.75, 3.05) is 6.61 Å². The summed E-state index contributed by atoms with van der Waals surface area (Å²) < 4.78 is 23.4. The van der Waals surface area contributed by atoms with Crippen LogP contribution in [-0.4, -0.2) is 26.4 Å². The van der Waals surface area contributed by atoms with E-state index in [1.54, 1.807) is 0 Å². The van der Waals surface area contributed by atoms with E-state index in [4.69, 9.17) is 5.11 Å². The van der Waals surface area contributed by atoms with Crippen molar-refractivity contribution < 1.29 is 22.8 Å². The minimum atomic E-state index is -2.52. The van der Waals surface area contributed by atoms with E-state index in [2.05, 4.69) is 4.18 Å². The molecule has 60 valence electrons. The number of hydrogen-bond acceptors (Lipinski definition) is 4. The average Bonchev–Trinajstić information content (AvgIpc) is 1.79. The molecule has 6 heteroatoms. The Bertz CT molecular complexity index is 118. The molecule has 0 radical (unpaired) electrons. The van der Waals surface area contributed by atoms with Crippen LogP contribution in [0.1, 0.15) is 12.8 Å². The summed E-state index contributed by atoms with van der Waals surface area (Å²) >= 11 is -2.52. The van der Waals surface area contributed by atoms with Crippen LogP contribution in [-0.2, 0) is 20.3 Å². The predicted molar refractivity (Wildman–Crippen MR) is 31.7 cm³/mol. The van der Waals surface area contributed by atoms with Crippen LogP contribution in [0, 0.1) is 0 Å². The van der Waals surface area contributed by atoms with Gasteiger partial charge in [-0.3, -0.25) is 4.79 Å². The Morgan fingerprint density at radius 2 is 2.30 bits per heavy atom. The van der Waals surface area contributed by atoms with Crippen LogP contribution < -0.4 is 0 Å². The first-order valence-electron chi connectivity index (χ1n) is 2.57. The second kappa shape index (κ2) is 5.33. The molecule has 0 aromatic rings. The third-order valence-electron chi connectivity index (χ3n) is 0.715. The number of carboxylic acids is 1. The van der Waals surface area contributed by atoms with Gasteiger partial charge in [0.2, 0.25) is 0 Å². The van der Waals surface area contributed by atoms with Gasteiger partial charge in [-0.15, -0.1) is 0 Å². The van der Waals surface area contributed by atoms with Gasteiger partial charge < -0.3 is 13.8 Å². The number of hydrogen-bond donors (Lipinski definition) is 1. The van der Waals surface area contributed by atoms with E-state index in [9.17, 15) is 13.6 Å². The van der Waals surface area contributed by atoms with Gasteiger partial charge in [-0.1, -0.05) is 0 Å². The number of rotatable bonds is 5. The molecule has 0 bridgehead atoms. The molecule has 0 rings (SSSR count). The molecular formula is C4H7O5S-. The van der Waals surface area contributed by atoms with Crippen LogP contribution in [0.4, 0.5) is 0 Å². The van der Waals surface area contributed by atoms with Gasteiger partial charge in [0.05, 0.1) is 18.0 Å². The summed E-state index contributed by atoms with van der Waals surface area (Å²) in [4.78, 5) is 9.83. The van der Waals surface area contributed by atoms with Gasteiger partial charge in [-0.25, -0.2) is 4.21 Å². The van der Waals surface area contributed by atoms with Crippen molar-refractivity contribution in [3.8, 4) is 0 Å². The molecule has 0 fully saturated rings. The van der Waals surface area contributed by atoms with E-state index in [1.807, 2.05) is 0 Å². The zero-order chi connectivity index (χ0) is 7.98. The molecule has 1 atom stereocenters. The molecule has 5 nitrogen and oxygen atoms in total. The maximum atomic E-state index is 9.83. The largest absolute Gasteiger partial charge is 0.750 e. The zero-order valence-electron chi connectivity index (χ0n) is 5.11. The SMILES string of the molecule is O=C(O)CCCOS(=O)[O-]. The minimum Gasteiger partial charge on any atom is -0.750 e. The molecule has 0 amide bonds. The monoisotopic (exact) mass is 167 g/mol. The van der Waals surface area contributed by atoms with Crippen LogP contribution in [0.3, 0.4) is 0 Å². The lowest BCUT2D eigenvalue weighted by atomic mass is 10.3. The molecular weight excluding hydrogens is 160 g/mol. The van der Waals surface area contributed by atoms with Gasteiger partial charge in [-0.2, -0.15) is 0 Å². The standard InChI is InChI=1S/C4H8O5S/c5-4(6)2-1-3-9-10(7)8/h1-3H2,(H,5,6)(H,7,8)/p-1. The Labute approximate surface area is 60.5 Å². The van der Waals surface area contributed by atoms with Gasteiger partial charge in [0, 0.05) is 6.42 Å². The molecule has 0 aromatic carbocycles. The summed E-state index contributed by atoms with van der Waals surface area (Å²) in [5, 5.41) is 8.07. The first-order valence-corrected chi connectivity index (χ1v) is 3.57. The fourth-order valence-corrected chi connectivity index (χ4v) is 0.604. The highest BCUT2D eigenvalue weighted by Gasteiger charge is 1.95. The summed E-state index contributed by atoms with van der Waals surface area (Å²) in [6.45, 7) is -0.0671. The molecule has 0 aliphatic rings. The van der Waals surface area contributed by atoms with Crippen LogP contribution in [0.5, 0.6) is 0 Å². The Balaban J connectivity index is 3.06. The van der Waals surface area contributed by atoms with Crippen molar-refractivity contribution in [3.05, 3.63) is 0 Å². The van der Waals surface area contributed by atoms with E-state index < -0.39 is 17.3 Å². The van der Waals surface area contributed by atoms with Crippen LogP contribution >= 0.6 is 0 Å². The summed E-state index contributed by atoms with van der Waals surface area (Å²) in [6, 6.07) is 0. The topological polar surface area (TPSA) is 86.7 Å². The molecule has 0 heterocycles. The fourth-order valence-electron chi connectivity index (χ4n) is 0.350. The lowest BCUT2D eigenvalue weighted by Gasteiger charge is -2.02. The Morgan fingerprint density at radius 3 is 2.70 bits per heavy atom. The predicted octanol–water partition coefficient (Wildman–Crippen LogP) is -0.338. The maximum Gasteiger partial charge on any atom is 0.303 e. The van der Waals surface area contributed by atoms with E-state index >= 15 is 0 Å². The molecule has 0 saturated heterocycles. The smallest absolute Gasteiger partial charge is 0.303 e. The van der Waals surface area contributed by atoms with E-state index in [1.165, 1.54) is 0 Å². The van der Waals surface area contributed by atoms with E-state index in [0.717, 1.165) is 0 Å². The highest BCUT2D eigenvalue weighted by Crippen LogP contribution is 1.90.